The van der Waals surface area contributed by atoms with Gasteiger partial charge in [-0.2, -0.15) is 0 Å². The molecule has 0 saturated carbocycles. The highest BCUT2D eigenvalue weighted by atomic mass is 16.5. The van der Waals surface area contributed by atoms with Gasteiger partial charge in [-0.1, -0.05) is 59.8 Å². The van der Waals surface area contributed by atoms with Crippen molar-refractivity contribution in [3.63, 3.8) is 0 Å². The van der Waals surface area contributed by atoms with E-state index < -0.39 is 0 Å². The molecule has 0 unspecified atom stereocenters. The Morgan fingerprint density at radius 2 is 1.79 bits per heavy atom. The Morgan fingerprint density at radius 3 is 2.64 bits per heavy atom. The molecule has 1 aliphatic rings. The first kappa shape index (κ1) is 16.6. The number of aromatic amines is 1. The Balaban J connectivity index is 1.41. The molecule has 5 nitrogen and oxygen atoms in total. The summed E-state index contributed by atoms with van der Waals surface area (Å²) in [6.45, 7) is 1.36. The monoisotopic (exact) mass is 369 g/mol. The van der Waals surface area contributed by atoms with Gasteiger partial charge in [0.05, 0.1) is 6.20 Å². The van der Waals surface area contributed by atoms with E-state index in [2.05, 4.69) is 28.3 Å². The van der Waals surface area contributed by atoms with Crippen molar-refractivity contribution in [1.29, 1.82) is 0 Å². The molecule has 0 radical (unpaired) electrons. The molecule has 138 valence electrons. The predicted molar refractivity (Wildman–Crippen MR) is 107 cm³/mol. The molecule has 0 bridgehead atoms. The minimum Gasteiger partial charge on any atom is -0.356 e. The van der Waals surface area contributed by atoms with Gasteiger partial charge in [-0.3, -0.25) is 4.79 Å². The fraction of sp³-hybridized carbons (Fsp3) is 0.130. The van der Waals surface area contributed by atoms with Gasteiger partial charge in [-0.25, -0.2) is 0 Å². The molecule has 1 amide bonds. The van der Waals surface area contributed by atoms with Gasteiger partial charge in [0.2, 0.25) is 0 Å². The fourth-order valence-corrected chi connectivity index (χ4v) is 3.76. The Hall–Kier alpha value is -3.60. The van der Waals surface area contributed by atoms with Crippen LogP contribution in [0.4, 0.5) is 0 Å². The van der Waals surface area contributed by atoms with Gasteiger partial charge < -0.3 is 14.4 Å². The van der Waals surface area contributed by atoms with Crippen molar-refractivity contribution in [2.75, 3.05) is 6.54 Å². The third-order valence-corrected chi connectivity index (χ3v) is 5.25. The van der Waals surface area contributed by atoms with Gasteiger partial charge in [-0.05, 0) is 29.2 Å². The molecule has 0 atom stereocenters. The summed E-state index contributed by atoms with van der Waals surface area (Å²) in [5.74, 6) is 0.659. The second-order valence-electron chi connectivity index (χ2n) is 6.98. The maximum absolute atomic E-state index is 13.0. The number of nitrogens with zero attached hydrogens (tertiary/aromatic N) is 2. The molecule has 1 N–H and O–H groups in total. The number of amides is 1. The first-order chi connectivity index (χ1) is 13.8. The minimum atomic E-state index is 0.00142. The molecule has 0 aliphatic carbocycles. The third kappa shape index (κ3) is 2.91. The van der Waals surface area contributed by atoms with Crippen LogP contribution < -0.4 is 0 Å². The number of hydrogen-bond donors (Lipinski definition) is 1. The lowest BCUT2D eigenvalue weighted by molar-refractivity contribution is 0.0729. The van der Waals surface area contributed by atoms with Crippen LogP contribution in [0.3, 0.4) is 0 Å². The second kappa shape index (κ2) is 6.85. The van der Waals surface area contributed by atoms with Gasteiger partial charge in [0.1, 0.15) is 5.69 Å². The van der Waals surface area contributed by atoms with Crippen molar-refractivity contribution < 1.29 is 9.32 Å². The molecule has 5 rings (SSSR count). The van der Waals surface area contributed by atoms with E-state index in [1.807, 2.05) is 47.4 Å². The minimum absolute atomic E-state index is 0.00142. The molecule has 2 aromatic carbocycles. The number of rotatable bonds is 3. The van der Waals surface area contributed by atoms with Crippen LogP contribution in [0.1, 0.15) is 21.6 Å². The fourth-order valence-electron chi connectivity index (χ4n) is 3.76. The maximum atomic E-state index is 13.0. The molecule has 3 heterocycles. The quantitative estimate of drug-likeness (QED) is 0.577. The predicted octanol–water partition coefficient (Wildman–Crippen LogP) is 4.54. The molecule has 5 heteroatoms. The number of benzene rings is 2. The van der Waals surface area contributed by atoms with Crippen LogP contribution in [-0.2, 0) is 13.0 Å². The summed E-state index contributed by atoms with van der Waals surface area (Å²) >= 11 is 0. The highest BCUT2D eigenvalue weighted by Gasteiger charge is 2.23. The lowest BCUT2D eigenvalue weighted by Gasteiger charge is -2.28. The molecule has 0 fully saturated rings. The average molecular weight is 369 g/mol. The van der Waals surface area contributed by atoms with Gasteiger partial charge in [-0.15, -0.1) is 0 Å². The average Bonchev–Trinajstić information content (AvgIpc) is 3.43. The van der Waals surface area contributed by atoms with Crippen LogP contribution in [0.5, 0.6) is 0 Å². The lowest BCUT2D eigenvalue weighted by atomic mass is 10.00. The van der Waals surface area contributed by atoms with Crippen LogP contribution in [0, 0.1) is 0 Å². The summed E-state index contributed by atoms with van der Waals surface area (Å²) in [4.78, 5) is 18.0. The number of carbonyl (C=O) groups excluding carboxylic acids is 1. The van der Waals surface area contributed by atoms with Crippen LogP contribution in [0.15, 0.2) is 77.6 Å². The topological polar surface area (TPSA) is 62.1 Å². The standard InChI is InChI=1S/C23H19N3O2/c27-23(26-11-10-16-6-4-5-9-18(16)15-26)21-12-19(13-24-21)22-20(14-25-28-22)17-7-2-1-3-8-17/h1-9,12-14,24H,10-11,15H2. The largest absolute Gasteiger partial charge is 0.356 e. The molecular formula is C23H19N3O2. The number of carbonyl (C=O) groups is 1. The Kier molecular flexibility index (Phi) is 4.05. The normalized spacial score (nSPS) is 13.4. The molecule has 0 saturated heterocycles. The summed E-state index contributed by atoms with van der Waals surface area (Å²) in [5.41, 5.74) is 5.86. The van der Waals surface area contributed by atoms with Crippen molar-refractivity contribution in [3.8, 4) is 22.5 Å². The van der Waals surface area contributed by atoms with Crippen LogP contribution >= 0.6 is 0 Å². The maximum Gasteiger partial charge on any atom is 0.270 e. The lowest BCUT2D eigenvalue weighted by Crippen LogP contribution is -2.36. The SMILES string of the molecule is O=C(c1cc(-c2oncc2-c2ccccc2)c[nH]1)N1CCc2ccccc2C1. The van der Waals surface area contributed by atoms with E-state index in [0.29, 0.717) is 18.0 Å². The van der Waals surface area contributed by atoms with Gasteiger partial charge in [0.15, 0.2) is 5.76 Å². The van der Waals surface area contributed by atoms with Crippen LogP contribution in [-0.4, -0.2) is 27.5 Å². The zero-order valence-corrected chi connectivity index (χ0v) is 15.3. The van der Waals surface area contributed by atoms with Gasteiger partial charge in [0.25, 0.3) is 5.91 Å². The smallest absolute Gasteiger partial charge is 0.270 e. The number of aromatic nitrogens is 2. The van der Waals surface area contributed by atoms with E-state index in [0.717, 1.165) is 29.7 Å². The summed E-state index contributed by atoms with van der Waals surface area (Å²) < 4.78 is 5.50. The van der Waals surface area contributed by atoms with E-state index in [-0.39, 0.29) is 5.91 Å². The molecule has 2 aromatic heterocycles. The first-order valence-electron chi connectivity index (χ1n) is 9.34. The highest BCUT2D eigenvalue weighted by Crippen LogP contribution is 2.32. The Bertz CT molecular complexity index is 1130. The first-order valence-corrected chi connectivity index (χ1v) is 9.34. The summed E-state index contributed by atoms with van der Waals surface area (Å²) in [6, 6.07) is 20.1. The third-order valence-electron chi connectivity index (χ3n) is 5.25. The van der Waals surface area contributed by atoms with Crippen molar-refractivity contribution in [2.45, 2.75) is 13.0 Å². The molecule has 4 aromatic rings. The highest BCUT2D eigenvalue weighted by molar-refractivity contribution is 5.94. The van der Waals surface area contributed by atoms with Crippen molar-refractivity contribution in [3.05, 3.63) is 89.9 Å². The zero-order chi connectivity index (χ0) is 18.9. The van der Waals surface area contributed by atoms with E-state index in [4.69, 9.17) is 4.52 Å². The molecule has 28 heavy (non-hydrogen) atoms. The van der Waals surface area contributed by atoms with Gasteiger partial charge in [0, 0.05) is 30.4 Å². The van der Waals surface area contributed by atoms with Gasteiger partial charge >= 0.3 is 0 Å². The summed E-state index contributed by atoms with van der Waals surface area (Å²) in [7, 11) is 0. The number of nitrogens with one attached hydrogen (secondary N) is 1. The molecular weight excluding hydrogens is 350 g/mol. The van der Waals surface area contributed by atoms with Crippen LogP contribution in [0.25, 0.3) is 22.5 Å². The van der Waals surface area contributed by atoms with E-state index in [9.17, 15) is 4.79 Å². The van der Waals surface area contributed by atoms with E-state index >= 15 is 0 Å². The van der Waals surface area contributed by atoms with E-state index in [1.165, 1.54) is 11.1 Å². The van der Waals surface area contributed by atoms with Crippen molar-refractivity contribution >= 4 is 5.91 Å². The molecule has 1 aliphatic heterocycles. The second-order valence-corrected chi connectivity index (χ2v) is 6.98. The number of H-pyrrole nitrogens is 1. The number of hydrogen-bond acceptors (Lipinski definition) is 3. The summed E-state index contributed by atoms with van der Waals surface area (Å²) in [6.07, 6.45) is 4.40. The number of fused-ring (bicyclic) bond motifs is 1. The van der Waals surface area contributed by atoms with Crippen molar-refractivity contribution in [1.82, 2.24) is 15.0 Å². The molecule has 0 spiro atoms. The summed E-state index contributed by atoms with van der Waals surface area (Å²) in [5, 5.41) is 3.96. The Morgan fingerprint density at radius 1 is 1.00 bits per heavy atom. The zero-order valence-electron chi connectivity index (χ0n) is 15.3. The van der Waals surface area contributed by atoms with Crippen LogP contribution in [0.2, 0.25) is 0 Å². The Labute approximate surface area is 162 Å². The van der Waals surface area contributed by atoms with E-state index in [1.54, 1.807) is 12.4 Å². The van der Waals surface area contributed by atoms with Crippen molar-refractivity contribution in [2.24, 2.45) is 0 Å².